The van der Waals surface area contributed by atoms with Crippen LogP contribution in [0.25, 0.3) is 11.0 Å². The summed E-state index contributed by atoms with van der Waals surface area (Å²) in [6.07, 6.45) is 1.80. The van der Waals surface area contributed by atoms with Gasteiger partial charge >= 0.3 is 0 Å². The summed E-state index contributed by atoms with van der Waals surface area (Å²) in [6, 6.07) is 14.1. The number of ketones is 1. The molecule has 0 saturated carbocycles. The van der Waals surface area contributed by atoms with Crippen LogP contribution in [-0.2, 0) is 0 Å². The molecule has 4 nitrogen and oxygen atoms in total. The highest BCUT2D eigenvalue weighted by molar-refractivity contribution is 6.30. The van der Waals surface area contributed by atoms with Gasteiger partial charge in [-0.1, -0.05) is 23.7 Å². The van der Waals surface area contributed by atoms with Crippen LogP contribution in [0.15, 0.2) is 54.9 Å². The Hall–Kier alpha value is -2.46. The largest absolute Gasteiger partial charge is 0.294 e. The molecule has 0 N–H and O–H groups in total. The van der Waals surface area contributed by atoms with Crippen molar-refractivity contribution < 1.29 is 9.59 Å². The third-order valence-electron chi connectivity index (χ3n) is 3.45. The Kier molecular flexibility index (Phi) is 4.02. The highest BCUT2D eigenvalue weighted by atomic mass is 35.5. The molecular formula is C17H13ClN2O2. The van der Waals surface area contributed by atoms with Crippen molar-refractivity contribution in [2.24, 2.45) is 0 Å². The fourth-order valence-electron chi connectivity index (χ4n) is 2.28. The van der Waals surface area contributed by atoms with Crippen LogP contribution in [0.2, 0.25) is 5.02 Å². The Bertz CT molecular complexity index is 837. The van der Waals surface area contributed by atoms with E-state index in [-0.39, 0.29) is 24.5 Å². The topological polar surface area (TPSA) is 52.0 Å². The number of halogens is 1. The molecule has 0 atom stereocenters. The molecular weight excluding hydrogens is 300 g/mol. The molecule has 0 fully saturated rings. The predicted octanol–water partition coefficient (Wildman–Crippen LogP) is 3.99. The van der Waals surface area contributed by atoms with E-state index in [0.717, 1.165) is 11.0 Å². The van der Waals surface area contributed by atoms with E-state index in [1.807, 2.05) is 24.3 Å². The molecule has 0 spiro atoms. The van der Waals surface area contributed by atoms with Crippen molar-refractivity contribution in [3.63, 3.8) is 0 Å². The SMILES string of the molecule is O=C(CCC(=O)n1cnc2ccccc21)c1ccc(Cl)cc1. The van der Waals surface area contributed by atoms with Crippen LogP contribution >= 0.6 is 11.6 Å². The lowest BCUT2D eigenvalue weighted by Crippen LogP contribution is -2.11. The number of imidazole rings is 1. The van der Waals surface area contributed by atoms with E-state index in [1.54, 1.807) is 24.3 Å². The number of carbonyl (C=O) groups is 2. The van der Waals surface area contributed by atoms with Crippen LogP contribution in [0.1, 0.15) is 28.0 Å². The van der Waals surface area contributed by atoms with Crippen LogP contribution in [0, 0.1) is 0 Å². The van der Waals surface area contributed by atoms with E-state index in [9.17, 15) is 9.59 Å². The Balaban J connectivity index is 1.70. The number of hydrogen-bond acceptors (Lipinski definition) is 3. The predicted molar refractivity (Wildman–Crippen MR) is 85.4 cm³/mol. The van der Waals surface area contributed by atoms with Crippen LogP contribution in [0.3, 0.4) is 0 Å². The van der Waals surface area contributed by atoms with Crippen molar-refractivity contribution in [1.82, 2.24) is 9.55 Å². The number of Topliss-reactive ketones (excluding diaryl/α,β-unsaturated/α-hetero) is 1. The quantitative estimate of drug-likeness (QED) is 0.684. The summed E-state index contributed by atoms with van der Waals surface area (Å²) in [6.45, 7) is 0. The standard InChI is InChI=1S/C17H13ClN2O2/c18-13-7-5-12(6-8-13)16(21)9-10-17(22)20-11-19-14-3-1-2-4-15(14)20/h1-8,11H,9-10H2. The Morgan fingerprint density at radius 3 is 2.50 bits per heavy atom. The average Bonchev–Trinajstić information content (AvgIpc) is 2.97. The third kappa shape index (κ3) is 2.92. The molecule has 5 heteroatoms. The van der Waals surface area contributed by atoms with Gasteiger partial charge in [0.2, 0.25) is 5.91 Å². The third-order valence-corrected chi connectivity index (χ3v) is 3.71. The van der Waals surface area contributed by atoms with Gasteiger partial charge in [0.25, 0.3) is 0 Å². The van der Waals surface area contributed by atoms with Gasteiger partial charge in [0.05, 0.1) is 11.0 Å². The first-order chi connectivity index (χ1) is 10.6. The highest BCUT2D eigenvalue weighted by Gasteiger charge is 2.13. The molecule has 1 aromatic heterocycles. The average molecular weight is 313 g/mol. The minimum atomic E-state index is -0.143. The smallest absolute Gasteiger partial charge is 0.232 e. The lowest BCUT2D eigenvalue weighted by atomic mass is 10.1. The van der Waals surface area contributed by atoms with Crippen LogP contribution in [-0.4, -0.2) is 21.2 Å². The number of benzene rings is 2. The van der Waals surface area contributed by atoms with Gasteiger partial charge < -0.3 is 0 Å². The number of fused-ring (bicyclic) bond motifs is 1. The molecule has 3 aromatic rings. The first-order valence-electron chi connectivity index (χ1n) is 6.89. The van der Waals surface area contributed by atoms with Crippen molar-refractivity contribution in [3.8, 4) is 0 Å². The summed E-state index contributed by atoms with van der Waals surface area (Å²) in [7, 11) is 0. The number of aromatic nitrogens is 2. The zero-order valence-electron chi connectivity index (χ0n) is 11.7. The lowest BCUT2D eigenvalue weighted by molar-refractivity contribution is 0.0867. The molecule has 110 valence electrons. The number of hydrogen-bond donors (Lipinski definition) is 0. The van der Waals surface area contributed by atoms with Gasteiger partial charge in [-0.05, 0) is 36.4 Å². The van der Waals surface area contributed by atoms with Crippen molar-refractivity contribution in [3.05, 3.63) is 65.4 Å². The minimum Gasteiger partial charge on any atom is -0.294 e. The van der Waals surface area contributed by atoms with Crippen molar-refractivity contribution in [2.75, 3.05) is 0 Å². The molecule has 2 aromatic carbocycles. The summed E-state index contributed by atoms with van der Waals surface area (Å²) >= 11 is 5.79. The second kappa shape index (κ2) is 6.12. The fraction of sp³-hybridized carbons (Fsp3) is 0.118. The minimum absolute atomic E-state index is 0.0746. The van der Waals surface area contributed by atoms with Gasteiger partial charge in [0, 0.05) is 23.4 Å². The van der Waals surface area contributed by atoms with Gasteiger partial charge in [0.1, 0.15) is 6.33 Å². The van der Waals surface area contributed by atoms with Crippen molar-refractivity contribution in [2.45, 2.75) is 12.8 Å². The Morgan fingerprint density at radius 2 is 1.73 bits per heavy atom. The van der Waals surface area contributed by atoms with Crippen LogP contribution in [0.5, 0.6) is 0 Å². The summed E-state index contributed by atoms with van der Waals surface area (Å²) in [4.78, 5) is 28.5. The molecule has 0 amide bonds. The van der Waals surface area contributed by atoms with Gasteiger partial charge in [-0.2, -0.15) is 0 Å². The maximum atomic E-state index is 12.3. The second-order valence-corrected chi connectivity index (χ2v) is 5.36. The normalized spacial score (nSPS) is 10.8. The van der Waals surface area contributed by atoms with Gasteiger partial charge in [-0.15, -0.1) is 0 Å². The molecule has 1 heterocycles. The number of carbonyl (C=O) groups excluding carboxylic acids is 2. The molecule has 0 saturated heterocycles. The number of rotatable bonds is 4. The second-order valence-electron chi connectivity index (χ2n) is 4.93. The maximum Gasteiger partial charge on any atom is 0.232 e. The molecule has 0 aliphatic rings. The van der Waals surface area contributed by atoms with E-state index >= 15 is 0 Å². The molecule has 3 rings (SSSR count). The molecule has 0 bridgehead atoms. The van der Waals surface area contributed by atoms with Gasteiger partial charge in [-0.25, -0.2) is 4.98 Å². The summed E-state index contributed by atoms with van der Waals surface area (Å²) in [5.74, 6) is -0.217. The van der Waals surface area contributed by atoms with E-state index in [0.29, 0.717) is 10.6 Å². The van der Waals surface area contributed by atoms with E-state index in [4.69, 9.17) is 11.6 Å². The fourth-order valence-corrected chi connectivity index (χ4v) is 2.40. The molecule has 22 heavy (non-hydrogen) atoms. The highest BCUT2D eigenvalue weighted by Crippen LogP contribution is 2.15. The van der Waals surface area contributed by atoms with E-state index in [1.165, 1.54) is 10.9 Å². The summed E-state index contributed by atoms with van der Waals surface area (Å²) in [5.41, 5.74) is 2.08. The van der Waals surface area contributed by atoms with E-state index in [2.05, 4.69) is 4.98 Å². The van der Waals surface area contributed by atoms with Crippen LogP contribution in [0.4, 0.5) is 0 Å². The number of nitrogens with zero attached hydrogens (tertiary/aromatic N) is 2. The zero-order valence-corrected chi connectivity index (χ0v) is 12.5. The Morgan fingerprint density at radius 1 is 1.00 bits per heavy atom. The summed E-state index contributed by atoms with van der Waals surface area (Å²) < 4.78 is 1.49. The van der Waals surface area contributed by atoms with Crippen LogP contribution < -0.4 is 0 Å². The number of para-hydroxylation sites is 2. The first-order valence-corrected chi connectivity index (χ1v) is 7.27. The molecule has 0 aliphatic heterocycles. The Labute approximate surface area is 132 Å². The lowest BCUT2D eigenvalue weighted by Gasteiger charge is -2.03. The monoisotopic (exact) mass is 312 g/mol. The van der Waals surface area contributed by atoms with Gasteiger partial charge in [0.15, 0.2) is 5.78 Å². The molecule has 0 unspecified atom stereocenters. The molecule has 0 aliphatic carbocycles. The first kappa shape index (κ1) is 14.5. The van der Waals surface area contributed by atoms with E-state index < -0.39 is 0 Å². The van der Waals surface area contributed by atoms with Gasteiger partial charge in [-0.3, -0.25) is 14.2 Å². The molecule has 0 radical (unpaired) electrons. The summed E-state index contributed by atoms with van der Waals surface area (Å²) in [5, 5.41) is 0.581. The van der Waals surface area contributed by atoms with Crippen molar-refractivity contribution in [1.29, 1.82) is 0 Å². The maximum absolute atomic E-state index is 12.3. The van der Waals surface area contributed by atoms with Crippen molar-refractivity contribution >= 4 is 34.3 Å². The zero-order chi connectivity index (χ0) is 15.5.